The van der Waals surface area contributed by atoms with Crippen LogP contribution in [0, 0.1) is 0 Å². The summed E-state index contributed by atoms with van der Waals surface area (Å²) in [6.07, 6.45) is 0.815. The molecule has 1 N–H and O–H groups in total. The monoisotopic (exact) mass is 466 g/mol. The Morgan fingerprint density at radius 2 is 1.61 bits per heavy atom. The highest BCUT2D eigenvalue weighted by molar-refractivity contribution is 7.92. The summed E-state index contributed by atoms with van der Waals surface area (Å²) in [5, 5.41) is 0. The average molecular weight is 467 g/mol. The number of nitrogens with one attached hydrogen (secondary N) is 1. The molecule has 3 aromatic rings. The Hall–Kier alpha value is -3.52. The average Bonchev–Trinajstić information content (AvgIpc) is 3.15. The van der Waals surface area contributed by atoms with Crippen LogP contribution in [-0.2, 0) is 21.2 Å². The van der Waals surface area contributed by atoms with Gasteiger partial charge in [0.15, 0.2) is 6.61 Å². The summed E-state index contributed by atoms with van der Waals surface area (Å²) < 4.78 is 38.9. The molecule has 0 spiro atoms. The highest BCUT2D eigenvalue weighted by Crippen LogP contribution is 2.32. The van der Waals surface area contributed by atoms with Crippen LogP contribution in [0.3, 0.4) is 0 Å². The van der Waals surface area contributed by atoms with Gasteiger partial charge in [-0.3, -0.25) is 9.52 Å². The minimum Gasteiger partial charge on any atom is -0.494 e. The van der Waals surface area contributed by atoms with E-state index in [1.54, 1.807) is 41.3 Å². The molecule has 1 amide bonds. The normalized spacial score (nSPS) is 15.1. The first kappa shape index (κ1) is 22.7. The third-order valence-corrected chi connectivity index (χ3v) is 6.79. The minimum atomic E-state index is -3.76. The van der Waals surface area contributed by atoms with E-state index in [0.717, 1.165) is 17.7 Å². The van der Waals surface area contributed by atoms with Gasteiger partial charge in [0.25, 0.3) is 15.9 Å². The van der Waals surface area contributed by atoms with Gasteiger partial charge in [-0.1, -0.05) is 18.2 Å². The third-order valence-electron chi connectivity index (χ3n) is 5.39. The molecule has 1 aliphatic heterocycles. The van der Waals surface area contributed by atoms with Crippen molar-refractivity contribution in [2.45, 2.75) is 31.2 Å². The topological polar surface area (TPSA) is 84.9 Å². The van der Waals surface area contributed by atoms with Crippen LogP contribution in [0.1, 0.15) is 19.4 Å². The SMILES string of the molecule is CCOc1ccc(NS(=O)(=O)c2ccc(OCC(=O)N3c4ccccc4CC3C)cc2)cc1. The Balaban J connectivity index is 1.37. The number of sulfonamides is 1. The maximum absolute atomic E-state index is 12.8. The van der Waals surface area contributed by atoms with Crippen LogP contribution in [-0.4, -0.2) is 33.6 Å². The zero-order valence-electron chi connectivity index (χ0n) is 18.5. The highest BCUT2D eigenvalue weighted by Gasteiger charge is 2.30. The molecule has 0 saturated carbocycles. The van der Waals surface area contributed by atoms with Crippen LogP contribution in [0.5, 0.6) is 11.5 Å². The molecule has 0 fully saturated rings. The van der Waals surface area contributed by atoms with Gasteiger partial charge in [-0.25, -0.2) is 8.42 Å². The molecule has 3 aromatic carbocycles. The van der Waals surface area contributed by atoms with Gasteiger partial charge in [0.2, 0.25) is 0 Å². The molecule has 1 aliphatic rings. The van der Waals surface area contributed by atoms with E-state index in [1.807, 2.05) is 38.1 Å². The zero-order chi connectivity index (χ0) is 23.4. The fourth-order valence-corrected chi connectivity index (χ4v) is 4.93. The number of nitrogens with zero attached hydrogens (tertiary/aromatic N) is 1. The van der Waals surface area contributed by atoms with E-state index < -0.39 is 10.0 Å². The number of carbonyl (C=O) groups excluding carboxylic acids is 1. The largest absolute Gasteiger partial charge is 0.494 e. The lowest BCUT2D eigenvalue weighted by Crippen LogP contribution is -2.39. The van der Waals surface area contributed by atoms with E-state index in [1.165, 1.54) is 12.1 Å². The smallest absolute Gasteiger partial charge is 0.265 e. The summed E-state index contributed by atoms with van der Waals surface area (Å²) in [5.74, 6) is 0.952. The molecule has 0 aromatic heterocycles. The fraction of sp³-hybridized carbons (Fsp3) is 0.240. The molecule has 1 unspecified atom stereocenters. The van der Waals surface area contributed by atoms with Crippen LogP contribution in [0.15, 0.2) is 77.7 Å². The summed E-state index contributed by atoms with van der Waals surface area (Å²) >= 11 is 0. The molecular formula is C25H26N2O5S. The molecule has 4 rings (SSSR count). The Morgan fingerprint density at radius 3 is 2.30 bits per heavy atom. The molecule has 172 valence electrons. The van der Waals surface area contributed by atoms with Crippen molar-refractivity contribution >= 4 is 27.3 Å². The standard InChI is InChI=1S/C25H26N2O5S/c1-3-31-21-10-8-20(9-11-21)26-33(29,30)23-14-12-22(13-15-23)32-17-25(28)27-18(2)16-19-6-4-5-7-24(19)27/h4-15,18,26H,3,16-17H2,1-2H3. The minimum absolute atomic E-state index is 0.0692. The van der Waals surface area contributed by atoms with Gasteiger partial charge in [0.05, 0.1) is 11.5 Å². The second-order valence-corrected chi connectivity index (χ2v) is 9.45. The van der Waals surface area contributed by atoms with Gasteiger partial charge < -0.3 is 14.4 Å². The Labute approximate surface area is 194 Å². The third kappa shape index (κ3) is 5.12. The molecule has 0 radical (unpaired) electrons. The van der Waals surface area contributed by atoms with E-state index >= 15 is 0 Å². The summed E-state index contributed by atoms with van der Waals surface area (Å²) in [6.45, 7) is 4.30. The van der Waals surface area contributed by atoms with Gasteiger partial charge in [-0.2, -0.15) is 0 Å². The van der Waals surface area contributed by atoms with Crippen molar-refractivity contribution in [3.8, 4) is 11.5 Å². The van der Waals surface area contributed by atoms with Crippen molar-refractivity contribution in [1.29, 1.82) is 0 Å². The number of hydrogen-bond donors (Lipinski definition) is 1. The number of ether oxygens (including phenoxy) is 2. The second kappa shape index (κ2) is 9.54. The second-order valence-electron chi connectivity index (χ2n) is 7.77. The highest BCUT2D eigenvalue weighted by atomic mass is 32.2. The van der Waals surface area contributed by atoms with Gasteiger partial charge in [0.1, 0.15) is 11.5 Å². The van der Waals surface area contributed by atoms with Gasteiger partial charge >= 0.3 is 0 Å². The predicted octanol–water partition coefficient (Wildman–Crippen LogP) is 4.24. The number of anilines is 2. The van der Waals surface area contributed by atoms with Crippen LogP contribution in [0.25, 0.3) is 0 Å². The van der Waals surface area contributed by atoms with Crippen molar-refractivity contribution in [3.05, 3.63) is 78.4 Å². The lowest BCUT2D eigenvalue weighted by molar-refractivity contribution is -0.120. The van der Waals surface area contributed by atoms with Crippen molar-refractivity contribution in [3.63, 3.8) is 0 Å². The maximum Gasteiger partial charge on any atom is 0.265 e. The summed E-state index contributed by atoms with van der Waals surface area (Å²) in [6, 6.07) is 20.6. The first-order valence-corrected chi connectivity index (χ1v) is 12.2. The predicted molar refractivity (Wildman–Crippen MR) is 127 cm³/mol. The quantitative estimate of drug-likeness (QED) is 0.537. The van der Waals surface area contributed by atoms with Gasteiger partial charge in [-0.15, -0.1) is 0 Å². The Morgan fingerprint density at radius 1 is 0.970 bits per heavy atom. The number of amides is 1. The van der Waals surface area contributed by atoms with Crippen molar-refractivity contribution < 1.29 is 22.7 Å². The zero-order valence-corrected chi connectivity index (χ0v) is 19.3. The maximum atomic E-state index is 12.8. The molecule has 7 nitrogen and oxygen atoms in total. The Bertz CT molecular complexity index is 1220. The fourth-order valence-electron chi connectivity index (χ4n) is 3.88. The first-order valence-electron chi connectivity index (χ1n) is 10.8. The molecule has 33 heavy (non-hydrogen) atoms. The number of para-hydroxylation sites is 1. The van der Waals surface area contributed by atoms with Crippen LogP contribution < -0.4 is 19.1 Å². The molecule has 8 heteroatoms. The van der Waals surface area contributed by atoms with E-state index in [0.29, 0.717) is 23.8 Å². The number of benzene rings is 3. The molecular weight excluding hydrogens is 440 g/mol. The van der Waals surface area contributed by atoms with Crippen LogP contribution in [0.2, 0.25) is 0 Å². The number of rotatable bonds is 8. The van der Waals surface area contributed by atoms with Gasteiger partial charge in [-0.05, 0) is 80.4 Å². The lowest BCUT2D eigenvalue weighted by atomic mass is 10.1. The van der Waals surface area contributed by atoms with E-state index in [-0.39, 0.29) is 23.5 Å². The van der Waals surface area contributed by atoms with Crippen LogP contribution in [0.4, 0.5) is 11.4 Å². The molecule has 0 aliphatic carbocycles. The summed E-state index contributed by atoms with van der Waals surface area (Å²) in [4.78, 5) is 14.6. The summed E-state index contributed by atoms with van der Waals surface area (Å²) in [7, 11) is -3.76. The number of hydrogen-bond acceptors (Lipinski definition) is 5. The molecule has 0 saturated heterocycles. The first-order chi connectivity index (χ1) is 15.9. The van der Waals surface area contributed by atoms with Crippen LogP contribution >= 0.6 is 0 Å². The molecule has 1 atom stereocenters. The molecule has 1 heterocycles. The molecule has 0 bridgehead atoms. The van der Waals surface area contributed by atoms with Gasteiger partial charge in [0, 0.05) is 17.4 Å². The van der Waals surface area contributed by atoms with E-state index in [2.05, 4.69) is 4.72 Å². The van der Waals surface area contributed by atoms with Crippen molar-refractivity contribution in [2.75, 3.05) is 22.8 Å². The van der Waals surface area contributed by atoms with Crippen molar-refractivity contribution in [2.24, 2.45) is 0 Å². The number of fused-ring (bicyclic) bond motifs is 1. The van der Waals surface area contributed by atoms with Crippen molar-refractivity contribution in [1.82, 2.24) is 0 Å². The number of carbonyl (C=O) groups is 1. The summed E-state index contributed by atoms with van der Waals surface area (Å²) in [5.41, 5.74) is 2.50. The van der Waals surface area contributed by atoms with E-state index in [4.69, 9.17) is 9.47 Å². The van der Waals surface area contributed by atoms with E-state index in [9.17, 15) is 13.2 Å². The Kier molecular flexibility index (Phi) is 6.55. The lowest BCUT2D eigenvalue weighted by Gasteiger charge is -2.22.